The zero-order chi connectivity index (χ0) is 14.8. The quantitative estimate of drug-likeness (QED) is 0.744. The van der Waals surface area contributed by atoms with Gasteiger partial charge in [-0.2, -0.15) is 0 Å². The number of alkyl carbamates (subject to hydrolysis) is 1. The highest BCUT2D eigenvalue weighted by Crippen LogP contribution is 2.48. The van der Waals surface area contributed by atoms with E-state index in [1.54, 1.807) is 20.8 Å². The summed E-state index contributed by atoms with van der Waals surface area (Å²) in [5, 5.41) is 12.0. The van der Waals surface area contributed by atoms with Crippen LogP contribution in [0.5, 0.6) is 0 Å². The van der Waals surface area contributed by atoms with E-state index in [0.717, 1.165) is 0 Å². The number of amides is 1. The van der Waals surface area contributed by atoms with Crippen molar-refractivity contribution in [3.8, 4) is 0 Å². The number of rotatable bonds is 4. The first-order valence-corrected chi connectivity index (χ1v) is 6.39. The van der Waals surface area contributed by atoms with E-state index in [9.17, 15) is 14.7 Å². The summed E-state index contributed by atoms with van der Waals surface area (Å²) in [6.45, 7) is 6.94. The lowest BCUT2D eigenvalue weighted by molar-refractivity contribution is -0.142. The van der Waals surface area contributed by atoms with E-state index < -0.39 is 17.7 Å². The lowest BCUT2D eigenvalue weighted by Gasteiger charge is -2.23. The zero-order valence-electron chi connectivity index (χ0n) is 12.1. The SMILES string of the molecule is COC(=O)[C@H]1[C@H](C)[C@@H]1[C@@H](CO)NC(=O)OC(C)(C)C. The molecule has 0 aliphatic heterocycles. The van der Waals surface area contributed by atoms with Gasteiger partial charge in [0.15, 0.2) is 0 Å². The lowest BCUT2D eigenvalue weighted by Crippen LogP contribution is -2.43. The van der Waals surface area contributed by atoms with Crippen molar-refractivity contribution in [2.75, 3.05) is 13.7 Å². The summed E-state index contributed by atoms with van der Waals surface area (Å²) in [7, 11) is 1.33. The molecule has 2 N–H and O–H groups in total. The van der Waals surface area contributed by atoms with Crippen molar-refractivity contribution >= 4 is 12.1 Å². The van der Waals surface area contributed by atoms with Crippen LogP contribution < -0.4 is 5.32 Å². The number of nitrogens with one attached hydrogen (secondary N) is 1. The van der Waals surface area contributed by atoms with Crippen molar-refractivity contribution < 1.29 is 24.2 Å². The van der Waals surface area contributed by atoms with Gasteiger partial charge in [-0.1, -0.05) is 6.92 Å². The van der Waals surface area contributed by atoms with Gasteiger partial charge in [0.1, 0.15) is 5.60 Å². The molecule has 0 bridgehead atoms. The van der Waals surface area contributed by atoms with E-state index in [-0.39, 0.29) is 30.3 Å². The Hall–Kier alpha value is -1.30. The third kappa shape index (κ3) is 4.09. The fraction of sp³-hybridized carbons (Fsp3) is 0.846. The molecule has 1 aliphatic carbocycles. The molecule has 0 aromatic heterocycles. The van der Waals surface area contributed by atoms with Crippen LogP contribution in [-0.4, -0.2) is 42.5 Å². The third-order valence-electron chi connectivity index (χ3n) is 3.28. The molecule has 0 aromatic carbocycles. The second-order valence-electron chi connectivity index (χ2n) is 5.92. The molecular formula is C13H23NO5. The lowest BCUT2D eigenvalue weighted by atomic mass is 10.1. The van der Waals surface area contributed by atoms with Crippen molar-refractivity contribution in [3.05, 3.63) is 0 Å². The van der Waals surface area contributed by atoms with Crippen LogP contribution in [0.1, 0.15) is 27.7 Å². The largest absolute Gasteiger partial charge is 0.469 e. The van der Waals surface area contributed by atoms with Gasteiger partial charge in [-0.25, -0.2) is 4.79 Å². The van der Waals surface area contributed by atoms with E-state index in [0.29, 0.717) is 0 Å². The van der Waals surface area contributed by atoms with Gasteiger partial charge in [0.25, 0.3) is 0 Å². The van der Waals surface area contributed by atoms with Gasteiger partial charge >= 0.3 is 12.1 Å². The minimum atomic E-state index is -0.596. The first kappa shape index (κ1) is 15.8. The van der Waals surface area contributed by atoms with Crippen molar-refractivity contribution in [2.45, 2.75) is 39.3 Å². The standard InChI is InChI=1S/C13H23NO5/c1-7-9(10(7)11(16)18-5)8(6-15)14-12(17)19-13(2,3)4/h7-10,15H,6H2,1-5H3,(H,14,17)/t7-,8-,9-,10+/m1/s1. The number of aliphatic hydroxyl groups is 1. The minimum absolute atomic E-state index is 0.0829. The third-order valence-corrected chi connectivity index (χ3v) is 3.28. The van der Waals surface area contributed by atoms with Crippen LogP contribution >= 0.6 is 0 Å². The van der Waals surface area contributed by atoms with Gasteiger partial charge in [0.05, 0.1) is 25.7 Å². The van der Waals surface area contributed by atoms with Crippen LogP contribution in [0.3, 0.4) is 0 Å². The van der Waals surface area contributed by atoms with Crippen molar-refractivity contribution in [1.82, 2.24) is 5.32 Å². The summed E-state index contributed by atoms with van der Waals surface area (Å²) in [5.74, 6) is -0.594. The Balaban J connectivity index is 2.56. The van der Waals surface area contributed by atoms with Crippen LogP contribution in [-0.2, 0) is 14.3 Å². The average molecular weight is 273 g/mol. The van der Waals surface area contributed by atoms with Gasteiger partial charge in [-0.15, -0.1) is 0 Å². The number of ether oxygens (including phenoxy) is 2. The predicted octanol–water partition coefficient (Wildman–Crippen LogP) is 0.927. The Bertz CT molecular complexity index is 349. The molecule has 0 spiro atoms. The summed E-state index contributed by atoms with van der Waals surface area (Å²) in [5.41, 5.74) is -0.596. The monoisotopic (exact) mass is 273 g/mol. The molecule has 1 aliphatic rings. The van der Waals surface area contributed by atoms with Crippen LogP contribution in [0, 0.1) is 17.8 Å². The second kappa shape index (κ2) is 5.77. The molecular weight excluding hydrogens is 250 g/mol. The van der Waals surface area contributed by atoms with E-state index in [1.165, 1.54) is 7.11 Å². The highest BCUT2D eigenvalue weighted by molar-refractivity contribution is 5.77. The molecule has 1 rings (SSSR count). The minimum Gasteiger partial charge on any atom is -0.469 e. The Morgan fingerprint density at radius 2 is 1.95 bits per heavy atom. The normalized spacial score (nSPS) is 27.4. The average Bonchev–Trinajstić information content (AvgIpc) is 2.94. The maximum absolute atomic E-state index is 11.7. The molecule has 1 fully saturated rings. The number of aliphatic hydroxyl groups excluding tert-OH is 1. The number of carbonyl (C=O) groups is 2. The van der Waals surface area contributed by atoms with Crippen molar-refractivity contribution in [2.24, 2.45) is 17.8 Å². The number of hydrogen-bond acceptors (Lipinski definition) is 5. The van der Waals surface area contributed by atoms with Crippen LogP contribution in [0.15, 0.2) is 0 Å². The van der Waals surface area contributed by atoms with E-state index in [4.69, 9.17) is 9.47 Å². The molecule has 0 saturated heterocycles. The highest BCUT2D eigenvalue weighted by atomic mass is 16.6. The summed E-state index contributed by atoms with van der Waals surface area (Å²) < 4.78 is 9.82. The first-order valence-electron chi connectivity index (χ1n) is 6.39. The maximum atomic E-state index is 11.7. The van der Waals surface area contributed by atoms with Gasteiger partial charge in [-0.05, 0) is 32.6 Å². The predicted molar refractivity (Wildman–Crippen MR) is 68.4 cm³/mol. The molecule has 1 saturated carbocycles. The Morgan fingerprint density at radius 1 is 1.37 bits per heavy atom. The number of methoxy groups -OCH3 is 1. The molecule has 4 atom stereocenters. The highest BCUT2D eigenvalue weighted by Gasteiger charge is 2.56. The molecule has 0 radical (unpaired) electrons. The van der Waals surface area contributed by atoms with Crippen molar-refractivity contribution in [1.29, 1.82) is 0 Å². The van der Waals surface area contributed by atoms with Crippen LogP contribution in [0.25, 0.3) is 0 Å². The molecule has 19 heavy (non-hydrogen) atoms. The molecule has 0 unspecified atom stereocenters. The summed E-state index contributed by atoms with van der Waals surface area (Å²) in [6.07, 6.45) is -0.589. The van der Waals surface area contributed by atoms with Gasteiger partial charge in [0.2, 0.25) is 0 Å². The van der Waals surface area contributed by atoms with E-state index in [2.05, 4.69) is 5.32 Å². The number of carbonyl (C=O) groups excluding carboxylic acids is 2. The molecule has 0 aromatic rings. The van der Waals surface area contributed by atoms with Gasteiger partial charge in [-0.3, -0.25) is 4.79 Å². The van der Waals surface area contributed by atoms with Gasteiger partial charge in [0, 0.05) is 0 Å². The fourth-order valence-electron chi connectivity index (χ4n) is 2.34. The van der Waals surface area contributed by atoms with E-state index in [1.807, 2.05) is 6.92 Å². The summed E-state index contributed by atoms with van der Waals surface area (Å²) >= 11 is 0. The maximum Gasteiger partial charge on any atom is 0.407 e. The summed E-state index contributed by atoms with van der Waals surface area (Å²) in [4.78, 5) is 23.1. The van der Waals surface area contributed by atoms with Crippen LogP contribution in [0.2, 0.25) is 0 Å². The Morgan fingerprint density at radius 3 is 2.37 bits per heavy atom. The molecule has 6 heteroatoms. The molecule has 110 valence electrons. The zero-order valence-corrected chi connectivity index (χ0v) is 12.1. The fourth-order valence-corrected chi connectivity index (χ4v) is 2.34. The molecule has 1 amide bonds. The smallest absolute Gasteiger partial charge is 0.407 e. The Kier molecular flexibility index (Phi) is 4.79. The Labute approximate surface area is 113 Å². The second-order valence-corrected chi connectivity index (χ2v) is 5.92. The first-order chi connectivity index (χ1) is 8.71. The van der Waals surface area contributed by atoms with Gasteiger partial charge < -0.3 is 19.9 Å². The molecule has 0 heterocycles. The van der Waals surface area contributed by atoms with E-state index >= 15 is 0 Å². The topological polar surface area (TPSA) is 84.9 Å². The molecule has 6 nitrogen and oxygen atoms in total. The number of esters is 1. The van der Waals surface area contributed by atoms with Crippen molar-refractivity contribution in [3.63, 3.8) is 0 Å². The number of hydrogen-bond donors (Lipinski definition) is 2. The summed E-state index contributed by atoms with van der Waals surface area (Å²) in [6, 6.07) is -0.492. The van der Waals surface area contributed by atoms with Crippen LogP contribution in [0.4, 0.5) is 4.79 Å².